The average molecular weight is 770 g/mol. The standard InChI is InChI=1S/C45H87NO6S/c1-3-5-7-9-11-13-15-17-19-21-22-23-24-26-28-30-32-34-36-38-40-44(48)45(49)46-42(41-53(50,51)52)43(47)39-37-35-33-31-29-27-25-20-18-16-14-12-10-8-6-4-2/h29,31,37,39,42-44,47-48H,3-28,30,32-36,38,40-41H2,1-2H3,(H,46,49)(H,50,51,52)/b31-29+,39-37+. The van der Waals surface area contributed by atoms with E-state index in [9.17, 15) is 28.0 Å². The Hall–Kier alpha value is -1.22. The molecule has 1 amide bonds. The van der Waals surface area contributed by atoms with Crippen LogP contribution in [0.3, 0.4) is 0 Å². The van der Waals surface area contributed by atoms with Crippen molar-refractivity contribution in [2.75, 3.05) is 5.75 Å². The molecule has 0 aliphatic rings. The fraction of sp³-hybridized carbons (Fsp3) is 0.889. The Morgan fingerprint density at radius 1 is 0.509 bits per heavy atom. The average Bonchev–Trinajstić information content (AvgIpc) is 3.12. The first-order valence-corrected chi connectivity index (χ1v) is 24.3. The van der Waals surface area contributed by atoms with E-state index < -0.39 is 40.0 Å². The fourth-order valence-electron chi connectivity index (χ4n) is 7.00. The number of aliphatic hydroxyl groups excluding tert-OH is 2. The van der Waals surface area contributed by atoms with Crippen molar-refractivity contribution in [2.45, 2.75) is 250 Å². The lowest BCUT2D eigenvalue weighted by atomic mass is 10.0. The lowest BCUT2D eigenvalue weighted by Gasteiger charge is -2.22. The van der Waals surface area contributed by atoms with E-state index in [1.165, 1.54) is 173 Å². The molecule has 0 saturated carbocycles. The van der Waals surface area contributed by atoms with Gasteiger partial charge in [0, 0.05) is 0 Å². The van der Waals surface area contributed by atoms with Crippen molar-refractivity contribution in [3.63, 3.8) is 0 Å². The molecule has 0 aliphatic heterocycles. The molecule has 0 aromatic rings. The minimum absolute atomic E-state index is 0.279. The Morgan fingerprint density at radius 2 is 0.849 bits per heavy atom. The monoisotopic (exact) mass is 770 g/mol. The molecular formula is C45H87NO6S. The highest BCUT2D eigenvalue weighted by atomic mass is 32.2. The number of allylic oxidation sites excluding steroid dienone is 3. The number of hydrogen-bond acceptors (Lipinski definition) is 5. The number of carbonyl (C=O) groups excluding carboxylic acids is 1. The molecule has 314 valence electrons. The number of nitrogens with one attached hydrogen (secondary N) is 1. The van der Waals surface area contributed by atoms with Crippen LogP contribution < -0.4 is 5.32 Å². The van der Waals surface area contributed by atoms with Crippen LogP contribution in [0.5, 0.6) is 0 Å². The maximum atomic E-state index is 12.6. The highest BCUT2D eigenvalue weighted by Gasteiger charge is 2.27. The molecule has 0 spiro atoms. The van der Waals surface area contributed by atoms with Gasteiger partial charge in [0.15, 0.2) is 0 Å². The quantitative estimate of drug-likeness (QED) is 0.0279. The molecule has 8 heteroatoms. The molecule has 4 N–H and O–H groups in total. The highest BCUT2D eigenvalue weighted by molar-refractivity contribution is 7.85. The van der Waals surface area contributed by atoms with Crippen LogP contribution in [0.25, 0.3) is 0 Å². The Kier molecular flexibility index (Phi) is 38.1. The van der Waals surface area contributed by atoms with E-state index in [0.29, 0.717) is 12.8 Å². The summed E-state index contributed by atoms with van der Waals surface area (Å²) in [5.74, 6) is -1.55. The Bertz CT molecular complexity index is 953. The van der Waals surface area contributed by atoms with E-state index in [0.717, 1.165) is 32.1 Å². The molecule has 0 fully saturated rings. The van der Waals surface area contributed by atoms with Crippen molar-refractivity contribution < 1.29 is 28.0 Å². The number of carbonyl (C=O) groups is 1. The normalized spacial score (nSPS) is 14.0. The molecule has 0 rings (SSSR count). The van der Waals surface area contributed by atoms with Crippen LogP contribution in [0.15, 0.2) is 24.3 Å². The second kappa shape index (κ2) is 39.0. The highest BCUT2D eigenvalue weighted by Crippen LogP contribution is 2.16. The molecule has 53 heavy (non-hydrogen) atoms. The van der Waals surface area contributed by atoms with Gasteiger partial charge in [0.25, 0.3) is 10.1 Å². The van der Waals surface area contributed by atoms with Crippen molar-refractivity contribution in [2.24, 2.45) is 0 Å². The van der Waals surface area contributed by atoms with Gasteiger partial charge in [0.2, 0.25) is 5.91 Å². The molecule has 7 nitrogen and oxygen atoms in total. The summed E-state index contributed by atoms with van der Waals surface area (Å²) in [5, 5.41) is 23.4. The van der Waals surface area contributed by atoms with Gasteiger partial charge in [0.1, 0.15) is 6.10 Å². The fourth-order valence-corrected chi connectivity index (χ4v) is 7.74. The molecule has 0 aromatic carbocycles. The second-order valence-corrected chi connectivity index (χ2v) is 17.3. The number of hydrogen-bond donors (Lipinski definition) is 4. The van der Waals surface area contributed by atoms with Crippen molar-refractivity contribution in [3.05, 3.63) is 24.3 Å². The third kappa shape index (κ3) is 38.8. The van der Waals surface area contributed by atoms with Gasteiger partial charge < -0.3 is 15.5 Å². The zero-order valence-electron chi connectivity index (χ0n) is 34.8. The molecule has 0 bridgehead atoms. The maximum Gasteiger partial charge on any atom is 0.267 e. The van der Waals surface area contributed by atoms with Crippen LogP contribution in [0.1, 0.15) is 232 Å². The van der Waals surface area contributed by atoms with E-state index in [4.69, 9.17) is 0 Å². The summed E-state index contributed by atoms with van der Waals surface area (Å²) < 4.78 is 32.6. The minimum atomic E-state index is -4.45. The zero-order valence-corrected chi connectivity index (χ0v) is 35.6. The predicted octanol–water partition coefficient (Wildman–Crippen LogP) is 12.5. The summed E-state index contributed by atoms with van der Waals surface area (Å²) >= 11 is 0. The van der Waals surface area contributed by atoms with E-state index in [1.54, 1.807) is 6.08 Å². The van der Waals surface area contributed by atoms with Crippen LogP contribution >= 0.6 is 0 Å². The van der Waals surface area contributed by atoms with Crippen LogP contribution in [0, 0.1) is 0 Å². The van der Waals surface area contributed by atoms with Crippen molar-refractivity contribution in [1.82, 2.24) is 5.32 Å². The third-order valence-corrected chi connectivity index (χ3v) is 11.3. The molecule has 0 aromatic heterocycles. The van der Waals surface area contributed by atoms with E-state index in [2.05, 4.69) is 31.3 Å². The van der Waals surface area contributed by atoms with Crippen LogP contribution in [-0.2, 0) is 14.9 Å². The van der Waals surface area contributed by atoms with Crippen molar-refractivity contribution in [3.8, 4) is 0 Å². The first-order chi connectivity index (χ1) is 25.7. The Balaban J connectivity index is 3.97. The van der Waals surface area contributed by atoms with Crippen LogP contribution in [0.2, 0.25) is 0 Å². The first-order valence-electron chi connectivity index (χ1n) is 22.6. The van der Waals surface area contributed by atoms with Crippen LogP contribution in [0.4, 0.5) is 0 Å². The smallest absolute Gasteiger partial charge is 0.267 e. The molecule has 0 heterocycles. The van der Waals surface area contributed by atoms with Gasteiger partial charge in [-0.3, -0.25) is 9.35 Å². The number of aliphatic hydroxyl groups is 2. The summed E-state index contributed by atoms with van der Waals surface area (Å²) in [7, 11) is -4.45. The number of amides is 1. The first kappa shape index (κ1) is 51.8. The third-order valence-electron chi connectivity index (χ3n) is 10.5. The van der Waals surface area contributed by atoms with Gasteiger partial charge >= 0.3 is 0 Å². The number of rotatable bonds is 41. The summed E-state index contributed by atoms with van der Waals surface area (Å²) in [6, 6.07) is -1.25. The Labute approximate surface area is 328 Å². The van der Waals surface area contributed by atoms with E-state index >= 15 is 0 Å². The summed E-state index contributed by atoms with van der Waals surface area (Å²) in [6.45, 7) is 4.52. The topological polar surface area (TPSA) is 124 Å². The summed E-state index contributed by atoms with van der Waals surface area (Å²) in [5.41, 5.74) is 0. The van der Waals surface area contributed by atoms with E-state index in [1.807, 2.05) is 0 Å². The largest absolute Gasteiger partial charge is 0.387 e. The molecule has 0 radical (unpaired) electrons. The summed E-state index contributed by atoms with van der Waals surface area (Å²) in [6.07, 6.45) is 46.7. The van der Waals surface area contributed by atoms with Gasteiger partial charge in [-0.25, -0.2) is 0 Å². The number of unbranched alkanes of at least 4 members (excludes halogenated alkanes) is 30. The lowest BCUT2D eigenvalue weighted by Crippen LogP contribution is -2.50. The van der Waals surface area contributed by atoms with Crippen molar-refractivity contribution >= 4 is 16.0 Å². The molecule has 3 unspecified atom stereocenters. The van der Waals surface area contributed by atoms with Crippen molar-refractivity contribution in [1.29, 1.82) is 0 Å². The zero-order chi connectivity index (χ0) is 39.1. The maximum absolute atomic E-state index is 12.6. The molecule has 3 atom stereocenters. The van der Waals surface area contributed by atoms with Gasteiger partial charge in [-0.05, 0) is 32.1 Å². The SMILES string of the molecule is CCCCCCCCCCCC/C=C/CC/C=C/C(O)C(CS(=O)(=O)O)NC(=O)C(O)CCCCCCCCCCCCCCCCCCCCCC. The van der Waals surface area contributed by atoms with Crippen LogP contribution in [-0.4, -0.2) is 53.1 Å². The van der Waals surface area contributed by atoms with Gasteiger partial charge in [-0.1, -0.05) is 224 Å². The van der Waals surface area contributed by atoms with Gasteiger partial charge in [-0.15, -0.1) is 0 Å². The summed E-state index contributed by atoms with van der Waals surface area (Å²) in [4.78, 5) is 12.6. The van der Waals surface area contributed by atoms with Gasteiger partial charge in [-0.2, -0.15) is 8.42 Å². The molecule has 0 saturated heterocycles. The lowest BCUT2D eigenvalue weighted by molar-refractivity contribution is -0.130. The van der Waals surface area contributed by atoms with E-state index in [-0.39, 0.29) is 6.42 Å². The molecule has 0 aliphatic carbocycles. The molecular weight excluding hydrogens is 683 g/mol. The Morgan fingerprint density at radius 3 is 1.25 bits per heavy atom. The van der Waals surface area contributed by atoms with Gasteiger partial charge in [0.05, 0.1) is 17.9 Å². The minimum Gasteiger partial charge on any atom is -0.387 e. The predicted molar refractivity (Wildman–Crippen MR) is 227 cm³/mol. The second-order valence-electron chi connectivity index (χ2n) is 15.8.